The molecule has 0 bridgehead atoms. The minimum atomic E-state index is 0.476. The Morgan fingerprint density at radius 3 is 2.42 bits per heavy atom. The lowest BCUT2D eigenvalue weighted by atomic mass is 9.94. The van der Waals surface area contributed by atoms with Crippen LogP contribution in [0.4, 0.5) is 0 Å². The summed E-state index contributed by atoms with van der Waals surface area (Å²) in [4.78, 5) is 0. The summed E-state index contributed by atoms with van der Waals surface area (Å²) in [6.07, 6.45) is 4.91. The Kier molecular flexibility index (Phi) is 6.93. The summed E-state index contributed by atoms with van der Waals surface area (Å²) in [7, 11) is 1.74. The van der Waals surface area contributed by atoms with E-state index in [2.05, 4.69) is 45.1 Å². The molecule has 19 heavy (non-hydrogen) atoms. The van der Waals surface area contributed by atoms with E-state index < -0.39 is 0 Å². The number of nitrogens with one attached hydrogen (secondary N) is 1. The van der Waals surface area contributed by atoms with Crippen LogP contribution in [0.2, 0.25) is 0 Å². The molecule has 108 valence electrons. The van der Waals surface area contributed by atoms with Gasteiger partial charge in [0.05, 0.1) is 7.11 Å². The first kappa shape index (κ1) is 16.0. The van der Waals surface area contributed by atoms with Gasteiger partial charge in [-0.3, -0.25) is 0 Å². The lowest BCUT2D eigenvalue weighted by molar-refractivity contribution is 0.410. The number of unbranched alkanes of at least 4 members (excludes halogenated alkanes) is 1. The van der Waals surface area contributed by atoms with Crippen LogP contribution in [-0.4, -0.2) is 13.7 Å². The summed E-state index contributed by atoms with van der Waals surface area (Å²) in [5.74, 6) is 0.992. The van der Waals surface area contributed by atoms with Crippen molar-refractivity contribution in [3.8, 4) is 5.75 Å². The topological polar surface area (TPSA) is 21.3 Å². The molecule has 1 unspecified atom stereocenters. The molecule has 0 spiro atoms. The molecule has 2 heteroatoms. The smallest absolute Gasteiger partial charge is 0.122 e. The van der Waals surface area contributed by atoms with Gasteiger partial charge in [-0.2, -0.15) is 0 Å². The number of rotatable bonds is 8. The molecule has 2 nitrogen and oxygen atoms in total. The van der Waals surface area contributed by atoms with Crippen molar-refractivity contribution in [3.63, 3.8) is 0 Å². The van der Waals surface area contributed by atoms with Crippen LogP contribution in [0.15, 0.2) is 12.1 Å². The number of benzene rings is 1. The maximum absolute atomic E-state index is 5.40. The van der Waals surface area contributed by atoms with Crippen molar-refractivity contribution in [1.82, 2.24) is 5.32 Å². The third-order valence-electron chi connectivity index (χ3n) is 3.65. The third kappa shape index (κ3) is 4.54. The van der Waals surface area contributed by atoms with Gasteiger partial charge in [-0.25, -0.2) is 0 Å². The summed E-state index contributed by atoms with van der Waals surface area (Å²) < 4.78 is 5.40. The van der Waals surface area contributed by atoms with E-state index in [0.29, 0.717) is 6.04 Å². The number of ether oxygens (including phenoxy) is 1. The first-order valence-electron chi connectivity index (χ1n) is 7.52. The van der Waals surface area contributed by atoms with Gasteiger partial charge in [-0.05, 0) is 56.0 Å². The number of aryl methyl sites for hydroxylation is 2. The Balaban J connectivity index is 2.96. The van der Waals surface area contributed by atoms with E-state index in [-0.39, 0.29) is 0 Å². The van der Waals surface area contributed by atoms with Crippen molar-refractivity contribution in [2.75, 3.05) is 13.7 Å². The van der Waals surface area contributed by atoms with Crippen LogP contribution in [0.5, 0.6) is 5.75 Å². The van der Waals surface area contributed by atoms with Gasteiger partial charge in [-0.15, -0.1) is 0 Å². The first-order valence-corrected chi connectivity index (χ1v) is 7.52. The van der Waals surface area contributed by atoms with E-state index in [1.54, 1.807) is 7.11 Å². The van der Waals surface area contributed by atoms with Gasteiger partial charge in [0, 0.05) is 6.04 Å². The van der Waals surface area contributed by atoms with Gasteiger partial charge in [-0.1, -0.05) is 32.8 Å². The van der Waals surface area contributed by atoms with E-state index in [1.165, 1.54) is 42.4 Å². The van der Waals surface area contributed by atoms with Crippen molar-refractivity contribution in [3.05, 3.63) is 28.8 Å². The van der Waals surface area contributed by atoms with Crippen molar-refractivity contribution in [2.45, 2.75) is 59.4 Å². The fourth-order valence-electron chi connectivity index (χ4n) is 2.50. The van der Waals surface area contributed by atoms with E-state index in [9.17, 15) is 0 Å². The maximum atomic E-state index is 5.40. The second-order valence-electron chi connectivity index (χ2n) is 5.33. The standard InChI is InChI=1S/C17H29NO/c1-6-8-9-16(18-10-7-2)15-11-14(4)17(19-5)12-13(15)3/h11-12,16,18H,6-10H2,1-5H3. The van der Waals surface area contributed by atoms with Gasteiger partial charge < -0.3 is 10.1 Å². The molecular weight excluding hydrogens is 234 g/mol. The highest BCUT2D eigenvalue weighted by molar-refractivity contribution is 5.42. The summed E-state index contributed by atoms with van der Waals surface area (Å²) >= 11 is 0. The van der Waals surface area contributed by atoms with Crippen LogP contribution in [0.1, 0.15) is 62.3 Å². The number of hydrogen-bond acceptors (Lipinski definition) is 2. The molecule has 1 aromatic carbocycles. The van der Waals surface area contributed by atoms with Crippen molar-refractivity contribution in [1.29, 1.82) is 0 Å². The number of hydrogen-bond donors (Lipinski definition) is 1. The normalized spacial score (nSPS) is 12.5. The molecule has 0 fully saturated rings. The second-order valence-corrected chi connectivity index (χ2v) is 5.33. The zero-order chi connectivity index (χ0) is 14.3. The molecule has 1 aromatic rings. The Hall–Kier alpha value is -1.02. The van der Waals surface area contributed by atoms with Crippen molar-refractivity contribution < 1.29 is 4.74 Å². The molecule has 0 saturated heterocycles. The highest BCUT2D eigenvalue weighted by Crippen LogP contribution is 2.29. The second kappa shape index (κ2) is 8.21. The van der Waals surface area contributed by atoms with E-state index in [1.807, 2.05) is 0 Å². The quantitative estimate of drug-likeness (QED) is 0.743. The first-order chi connectivity index (χ1) is 9.13. The van der Waals surface area contributed by atoms with Crippen LogP contribution in [0, 0.1) is 13.8 Å². The summed E-state index contributed by atoms with van der Waals surface area (Å²) in [5, 5.41) is 3.69. The molecule has 1 N–H and O–H groups in total. The van der Waals surface area contributed by atoms with Crippen molar-refractivity contribution >= 4 is 0 Å². The predicted octanol–water partition coefficient (Wildman–Crippen LogP) is 4.54. The Morgan fingerprint density at radius 1 is 1.11 bits per heavy atom. The summed E-state index contributed by atoms with van der Waals surface area (Å²) in [5.41, 5.74) is 3.98. The van der Waals surface area contributed by atoms with Gasteiger partial charge in [0.15, 0.2) is 0 Å². The fourth-order valence-corrected chi connectivity index (χ4v) is 2.50. The van der Waals surface area contributed by atoms with E-state index >= 15 is 0 Å². The Labute approximate surface area is 118 Å². The molecule has 0 amide bonds. The van der Waals surface area contributed by atoms with E-state index in [4.69, 9.17) is 4.74 Å². The van der Waals surface area contributed by atoms with Crippen LogP contribution in [-0.2, 0) is 0 Å². The van der Waals surface area contributed by atoms with Gasteiger partial charge in [0.1, 0.15) is 5.75 Å². The number of methoxy groups -OCH3 is 1. The molecular formula is C17H29NO. The monoisotopic (exact) mass is 263 g/mol. The molecule has 1 rings (SSSR count). The minimum Gasteiger partial charge on any atom is -0.496 e. The predicted molar refractivity (Wildman–Crippen MR) is 83.0 cm³/mol. The SMILES string of the molecule is CCCCC(NCCC)c1cc(C)c(OC)cc1C. The Bertz CT molecular complexity index is 379. The van der Waals surface area contributed by atoms with Gasteiger partial charge in [0.25, 0.3) is 0 Å². The molecule has 0 aromatic heterocycles. The highest BCUT2D eigenvalue weighted by Gasteiger charge is 2.14. The van der Waals surface area contributed by atoms with E-state index in [0.717, 1.165) is 12.3 Å². The fraction of sp³-hybridized carbons (Fsp3) is 0.647. The average molecular weight is 263 g/mol. The lowest BCUT2D eigenvalue weighted by Crippen LogP contribution is -2.23. The van der Waals surface area contributed by atoms with Crippen LogP contribution in [0.3, 0.4) is 0 Å². The van der Waals surface area contributed by atoms with Crippen LogP contribution < -0.4 is 10.1 Å². The van der Waals surface area contributed by atoms with Gasteiger partial charge >= 0.3 is 0 Å². The average Bonchev–Trinajstić information content (AvgIpc) is 2.41. The molecule has 0 saturated carbocycles. The lowest BCUT2D eigenvalue weighted by Gasteiger charge is -2.22. The molecule has 0 aliphatic carbocycles. The van der Waals surface area contributed by atoms with Crippen molar-refractivity contribution in [2.24, 2.45) is 0 Å². The van der Waals surface area contributed by atoms with Gasteiger partial charge in [0.2, 0.25) is 0 Å². The molecule has 1 atom stereocenters. The largest absolute Gasteiger partial charge is 0.496 e. The van der Waals surface area contributed by atoms with Crippen LogP contribution >= 0.6 is 0 Å². The molecule has 0 aliphatic rings. The third-order valence-corrected chi connectivity index (χ3v) is 3.65. The molecule has 0 heterocycles. The zero-order valence-corrected chi connectivity index (χ0v) is 13.2. The minimum absolute atomic E-state index is 0.476. The molecule has 0 radical (unpaired) electrons. The highest BCUT2D eigenvalue weighted by atomic mass is 16.5. The summed E-state index contributed by atoms with van der Waals surface area (Å²) in [6.45, 7) is 9.86. The summed E-state index contributed by atoms with van der Waals surface area (Å²) in [6, 6.07) is 4.93. The molecule has 0 aliphatic heterocycles. The van der Waals surface area contributed by atoms with Crippen LogP contribution in [0.25, 0.3) is 0 Å². The zero-order valence-electron chi connectivity index (χ0n) is 13.2. The maximum Gasteiger partial charge on any atom is 0.122 e. The Morgan fingerprint density at radius 2 is 1.84 bits per heavy atom.